The third kappa shape index (κ3) is 7.45. The number of anilines is 1. The summed E-state index contributed by atoms with van der Waals surface area (Å²) in [5.74, 6) is 0.456. The fourth-order valence-corrected chi connectivity index (χ4v) is 5.63. The summed E-state index contributed by atoms with van der Waals surface area (Å²) < 4.78 is 37.3. The smallest absolute Gasteiger partial charge is 0.242 e. The van der Waals surface area contributed by atoms with E-state index in [-0.39, 0.29) is 44.5 Å². The van der Waals surface area contributed by atoms with E-state index in [1.807, 2.05) is 42.5 Å². The van der Waals surface area contributed by atoms with Gasteiger partial charge >= 0.3 is 0 Å². The summed E-state index contributed by atoms with van der Waals surface area (Å²) >= 11 is 6.06. The summed E-state index contributed by atoms with van der Waals surface area (Å²) in [7, 11) is -2.10. The van der Waals surface area contributed by atoms with Crippen molar-refractivity contribution in [3.63, 3.8) is 0 Å². The van der Waals surface area contributed by atoms with Crippen LogP contribution in [0.25, 0.3) is 0 Å². The normalized spacial score (nSPS) is 13.0. The predicted octanol–water partition coefficient (Wildman–Crippen LogP) is 4.00. The molecule has 3 aromatic carbocycles. The standard InChI is InChI=1S/C29H32ClN3O6S/c1-31-29(35)25(17-21-7-4-3-5-8-21)32(19-22-10-12-23(30)13-11-22)28(34)9-6-16-33(40(2,36)37)24-14-15-26-27(18-24)39-20-38-26/h3-5,7-8,10-15,18,25H,6,9,16-17,19-20H2,1-2H3,(H,31,35). The molecule has 0 radical (unpaired) electrons. The van der Waals surface area contributed by atoms with Crippen LogP contribution in [0.3, 0.4) is 0 Å². The minimum absolute atomic E-state index is 0.0342. The van der Waals surface area contributed by atoms with Crippen LogP contribution < -0.4 is 19.1 Å². The van der Waals surface area contributed by atoms with Crippen molar-refractivity contribution in [2.75, 3.05) is 30.9 Å². The molecule has 0 spiro atoms. The maximum Gasteiger partial charge on any atom is 0.242 e. The average Bonchev–Trinajstić information content (AvgIpc) is 3.41. The summed E-state index contributed by atoms with van der Waals surface area (Å²) in [6.45, 7) is 0.340. The van der Waals surface area contributed by atoms with Gasteiger partial charge in [-0.15, -0.1) is 0 Å². The maximum atomic E-state index is 13.7. The molecule has 3 aromatic rings. The maximum absolute atomic E-state index is 13.7. The molecule has 0 bridgehead atoms. The topological polar surface area (TPSA) is 105 Å². The Morgan fingerprint density at radius 2 is 1.68 bits per heavy atom. The predicted molar refractivity (Wildman–Crippen MR) is 154 cm³/mol. The molecule has 1 heterocycles. The zero-order chi connectivity index (χ0) is 28.7. The van der Waals surface area contributed by atoms with E-state index in [1.54, 1.807) is 42.3 Å². The Kier molecular flexibility index (Phi) is 9.54. The lowest BCUT2D eigenvalue weighted by Gasteiger charge is -2.31. The van der Waals surface area contributed by atoms with Gasteiger partial charge in [-0.3, -0.25) is 13.9 Å². The van der Waals surface area contributed by atoms with E-state index in [4.69, 9.17) is 21.1 Å². The first-order chi connectivity index (χ1) is 19.2. The molecule has 0 aromatic heterocycles. The van der Waals surface area contributed by atoms with Gasteiger partial charge in [0.1, 0.15) is 6.04 Å². The number of nitrogens with one attached hydrogen (secondary N) is 1. The van der Waals surface area contributed by atoms with E-state index in [0.29, 0.717) is 28.6 Å². The van der Waals surface area contributed by atoms with Gasteiger partial charge in [0.2, 0.25) is 28.6 Å². The van der Waals surface area contributed by atoms with E-state index < -0.39 is 16.1 Å². The van der Waals surface area contributed by atoms with Crippen LogP contribution >= 0.6 is 11.6 Å². The fraction of sp³-hybridized carbons (Fsp3) is 0.310. The zero-order valence-electron chi connectivity index (χ0n) is 22.4. The highest BCUT2D eigenvalue weighted by molar-refractivity contribution is 7.92. The van der Waals surface area contributed by atoms with Crippen molar-refractivity contribution in [2.45, 2.75) is 31.8 Å². The van der Waals surface area contributed by atoms with Crippen LogP contribution in [-0.2, 0) is 32.6 Å². The molecule has 9 nitrogen and oxygen atoms in total. The largest absolute Gasteiger partial charge is 0.454 e. The molecule has 1 aliphatic rings. The van der Waals surface area contributed by atoms with Crippen LogP contribution in [0.4, 0.5) is 5.69 Å². The lowest BCUT2D eigenvalue weighted by Crippen LogP contribution is -2.49. The number of likely N-dealkylation sites (N-methyl/N-ethyl adjacent to an activating group) is 1. The highest BCUT2D eigenvalue weighted by atomic mass is 35.5. The molecule has 0 fully saturated rings. The average molecular weight is 586 g/mol. The van der Waals surface area contributed by atoms with Crippen molar-refractivity contribution in [1.82, 2.24) is 10.2 Å². The number of hydrogen-bond donors (Lipinski definition) is 1. The van der Waals surface area contributed by atoms with E-state index in [9.17, 15) is 18.0 Å². The summed E-state index contributed by atoms with van der Waals surface area (Å²) in [6.07, 6.45) is 1.72. The van der Waals surface area contributed by atoms with Crippen LogP contribution in [0.15, 0.2) is 72.8 Å². The quantitative estimate of drug-likeness (QED) is 0.344. The van der Waals surface area contributed by atoms with Crippen molar-refractivity contribution < 1.29 is 27.5 Å². The number of carbonyl (C=O) groups is 2. The van der Waals surface area contributed by atoms with Gasteiger partial charge in [-0.05, 0) is 41.8 Å². The molecule has 0 aliphatic carbocycles. The van der Waals surface area contributed by atoms with Gasteiger partial charge in [-0.2, -0.15) is 0 Å². The fourth-order valence-electron chi connectivity index (χ4n) is 4.55. The van der Waals surface area contributed by atoms with E-state index in [0.717, 1.165) is 17.4 Å². The van der Waals surface area contributed by atoms with Gasteiger partial charge in [0.15, 0.2) is 11.5 Å². The third-order valence-corrected chi connectivity index (χ3v) is 8.03. The highest BCUT2D eigenvalue weighted by Gasteiger charge is 2.30. The number of benzene rings is 3. The lowest BCUT2D eigenvalue weighted by atomic mass is 10.0. The Hall–Kier alpha value is -3.76. The van der Waals surface area contributed by atoms with Crippen molar-refractivity contribution in [1.29, 1.82) is 0 Å². The van der Waals surface area contributed by atoms with Crippen LogP contribution in [0.5, 0.6) is 11.5 Å². The number of halogens is 1. The van der Waals surface area contributed by atoms with E-state index in [2.05, 4.69) is 5.32 Å². The second-order valence-corrected chi connectivity index (χ2v) is 11.8. The number of ether oxygens (including phenoxy) is 2. The number of hydrogen-bond acceptors (Lipinski definition) is 6. The van der Waals surface area contributed by atoms with Gasteiger partial charge in [0, 0.05) is 44.1 Å². The number of sulfonamides is 1. The molecule has 40 heavy (non-hydrogen) atoms. The van der Waals surface area contributed by atoms with Gasteiger partial charge in [0.05, 0.1) is 11.9 Å². The minimum Gasteiger partial charge on any atom is -0.454 e. The third-order valence-electron chi connectivity index (χ3n) is 6.58. The molecule has 4 rings (SSSR count). The van der Waals surface area contributed by atoms with E-state index >= 15 is 0 Å². The Labute approximate surface area is 239 Å². The van der Waals surface area contributed by atoms with Gasteiger partial charge in [-0.1, -0.05) is 54.1 Å². The van der Waals surface area contributed by atoms with Crippen molar-refractivity contribution in [3.8, 4) is 11.5 Å². The first-order valence-corrected chi connectivity index (χ1v) is 15.0. The summed E-state index contributed by atoms with van der Waals surface area (Å²) in [4.78, 5) is 28.3. The van der Waals surface area contributed by atoms with Gasteiger partial charge < -0.3 is 19.7 Å². The molecule has 212 valence electrons. The molecule has 1 N–H and O–H groups in total. The Morgan fingerprint density at radius 1 is 0.975 bits per heavy atom. The van der Waals surface area contributed by atoms with Gasteiger partial charge in [-0.25, -0.2) is 8.42 Å². The Balaban J connectivity index is 1.54. The highest BCUT2D eigenvalue weighted by Crippen LogP contribution is 2.36. The Morgan fingerprint density at radius 3 is 2.35 bits per heavy atom. The van der Waals surface area contributed by atoms with Crippen molar-refractivity contribution >= 4 is 39.1 Å². The summed E-state index contributed by atoms with van der Waals surface area (Å²) in [5, 5.41) is 3.26. The molecule has 1 atom stereocenters. The SMILES string of the molecule is CNC(=O)C(Cc1ccccc1)N(Cc1ccc(Cl)cc1)C(=O)CCCN(c1ccc2c(c1)OCO2)S(C)(=O)=O. The molecule has 11 heteroatoms. The summed E-state index contributed by atoms with van der Waals surface area (Å²) in [5.41, 5.74) is 2.15. The molecule has 2 amide bonds. The molecular formula is C29H32ClN3O6S. The summed E-state index contributed by atoms with van der Waals surface area (Å²) in [6, 6.07) is 20.7. The van der Waals surface area contributed by atoms with Gasteiger partial charge in [0.25, 0.3) is 0 Å². The molecule has 0 saturated heterocycles. The zero-order valence-corrected chi connectivity index (χ0v) is 24.0. The second-order valence-electron chi connectivity index (χ2n) is 9.44. The molecule has 0 saturated carbocycles. The number of amides is 2. The lowest BCUT2D eigenvalue weighted by molar-refractivity contribution is -0.141. The number of carbonyl (C=O) groups excluding carboxylic acids is 2. The number of rotatable bonds is 12. The van der Waals surface area contributed by atoms with Crippen LogP contribution in [-0.4, -0.2) is 57.8 Å². The monoisotopic (exact) mass is 585 g/mol. The van der Waals surface area contributed by atoms with E-state index in [1.165, 1.54) is 4.31 Å². The number of fused-ring (bicyclic) bond motifs is 1. The van der Waals surface area contributed by atoms with Crippen LogP contribution in [0.1, 0.15) is 24.0 Å². The van der Waals surface area contributed by atoms with Crippen LogP contribution in [0.2, 0.25) is 5.02 Å². The Bertz CT molecular complexity index is 1430. The van der Waals surface area contributed by atoms with Crippen molar-refractivity contribution in [2.24, 2.45) is 0 Å². The first-order valence-electron chi connectivity index (χ1n) is 12.8. The molecule has 1 unspecified atom stereocenters. The molecular weight excluding hydrogens is 554 g/mol. The minimum atomic E-state index is -3.65. The van der Waals surface area contributed by atoms with Crippen LogP contribution in [0, 0.1) is 0 Å². The second kappa shape index (κ2) is 13.1. The van der Waals surface area contributed by atoms with Crippen molar-refractivity contribution in [3.05, 3.63) is 88.9 Å². The first kappa shape index (κ1) is 29.2. The number of nitrogens with zero attached hydrogens (tertiary/aromatic N) is 2. The molecule has 1 aliphatic heterocycles.